The van der Waals surface area contributed by atoms with Crippen molar-refractivity contribution < 1.29 is 8.42 Å². The number of halogens is 1. The van der Waals surface area contributed by atoms with Crippen LogP contribution in [0.1, 0.15) is 11.6 Å². The fourth-order valence-corrected chi connectivity index (χ4v) is 3.83. The first-order valence-electron chi connectivity index (χ1n) is 8.37. The third-order valence-corrected chi connectivity index (χ3v) is 5.84. The summed E-state index contributed by atoms with van der Waals surface area (Å²) in [5.41, 5.74) is 1.69. The molecule has 2 aromatic carbocycles. The van der Waals surface area contributed by atoms with Crippen LogP contribution in [0.15, 0.2) is 53.7 Å². The zero-order valence-corrected chi connectivity index (χ0v) is 16.9. The number of likely N-dealkylation sites (N-methyl/N-ethyl adjacent to an activating group) is 1. The predicted octanol–water partition coefficient (Wildman–Crippen LogP) is 3.40. The van der Waals surface area contributed by atoms with Crippen LogP contribution in [0, 0.1) is 0 Å². The minimum atomic E-state index is -3.31. The molecule has 1 heterocycles. The smallest absolute Gasteiger partial charge is 0.175 e. The minimum Gasteiger partial charge on any atom is -0.368 e. The molecule has 142 valence electrons. The van der Waals surface area contributed by atoms with E-state index in [1.807, 2.05) is 38.4 Å². The predicted molar refractivity (Wildman–Crippen MR) is 109 cm³/mol. The average molecular weight is 405 g/mol. The van der Waals surface area contributed by atoms with Crippen LogP contribution in [0.2, 0.25) is 5.02 Å². The summed E-state index contributed by atoms with van der Waals surface area (Å²) < 4.78 is 23.8. The van der Waals surface area contributed by atoms with E-state index in [-0.39, 0.29) is 10.9 Å². The van der Waals surface area contributed by atoms with Crippen LogP contribution in [-0.4, -0.2) is 50.2 Å². The molecule has 0 saturated heterocycles. The van der Waals surface area contributed by atoms with Crippen molar-refractivity contribution in [2.24, 2.45) is 0 Å². The zero-order valence-electron chi connectivity index (χ0n) is 15.3. The van der Waals surface area contributed by atoms with Gasteiger partial charge in [0.15, 0.2) is 9.84 Å². The van der Waals surface area contributed by atoms with E-state index in [9.17, 15) is 8.42 Å². The number of benzene rings is 2. The first-order chi connectivity index (χ1) is 12.8. The Balaban J connectivity index is 1.95. The maximum Gasteiger partial charge on any atom is 0.175 e. The van der Waals surface area contributed by atoms with Crippen molar-refractivity contribution in [2.45, 2.75) is 10.9 Å². The Labute approximate surface area is 164 Å². The van der Waals surface area contributed by atoms with Gasteiger partial charge in [0.1, 0.15) is 12.1 Å². The van der Waals surface area contributed by atoms with Gasteiger partial charge in [0, 0.05) is 23.2 Å². The molecule has 3 rings (SSSR count). The Bertz CT molecular complexity index is 1070. The standard InChI is InChI=1S/C19H21ClN4O2S/c1-24(2)18(14-6-4-5-7-16(14)20)11-21-19-15-10-13(27(3,25)26)8-9-17(15)22-12-23-19/h4-10,12,18H,11H2,1-3H3,(H,21,22,23). The van der Waals surface area contributed by atoms with Gasteiger partial charge in [0.05, 0.1) is 16.5 Å². The number of aromatic nitrogens is 2. The third-order valence-electron chi connectivity index (χ3n) is 4.39. The number of nitrogens with zero attached hydrogens (tertiary/aromatic N) is 3. The molecule has 8 heteroatoms. The van der Waals surface area contributed by atoms with Crippen molar-refractivity contribution in [3.63, 3.8) is 0 Å². The highest BCUT2D eigenvalue weighted by Gasteiger charge is 2.18. The number of rotatable bonds is 6. The summed E-state index contributed by atoms with van der Waals surface area (Å²) in [6.07, 6.45) is 2.65. The lowest BCUT2D eigenvalue weighted by Gasteiger charge is -2.26. The molecule has 0 aliphatic heterocycles. The van der Waals surface area contributed by atoms with E-state index in [4.69, 9.17) is 11.6 Å². The highest BCUT2D eigenvalue weighted by molar-refractivity contribution is 7.90. The monoisotopic (exact) mass is 404 g/mol. The summed E-state index contributed by atoms with van der Waals surface area (Å²) in [4.78, 5) is 10.8. The van der Waals surface area contributed by atoms with Gasteiger partial charge in [-0.1, -0.05) is 29.8 Å². The van der Waals surface area contributed by atoms with E-state index < -0.39 is 9.84 Å². The van der Waals surface area contributed by atoms with Gasteiger partial charge < -0.3 is 10.2 Å². The van der Waals surface area contributed by atoms with Crippen molar-refractivity contribution in [1.82, 2.24) is 14.9 Å². The van der Waals surface area contributed by atoms with Gasteiger partial charge in [-0.15, -0.1) is 0 Å². The summed E-state index contributed by atoms with van der Waals surface area (Å²) in [5, 5.41) is 4.69. The number of hydrogen-bond donors (Lipinski definition) is 1. The van der Waals surface area contributed by atoms with Crippen LogP contribution in [-0.2, 0) is 9.84 Å². The molecular formula is C19H21ClN4O2S. The fraction of sp³-hybridized carbons (Fsp3) is 0.263. The van der Waals surface area contributed by atoms with E-state index >= 15 is 0 Å². The van der Waals surface area contributed by atoms with Crippen molar-refractivity contribution in [2.75, 3.05) is 32.2 Å². The topological polar surface area (TPSA) is 75.2 Å². The molecule has 0 fully saturated rings. The molecular weight excluding hydrogens is 384 g/mol. The quantitative estimate of drug-likeness (QED) is 0.678. The van der Waals surface area contributed by atoms with E-state index in [1.54, 1.807) is 18.2 Å². The summed E-state index contributed by atoms with van der Waals surface area (Å²) in [5.74, 6) is 0.587. The maximum atomic E-state index is 11.9. The van der Waals surface area contributed by atoms with Crippen molar-refractivity contribution in [3.8, 4) is 0 Å². The van der Waals surface area contributed by atoms with Gasteiger partial charge in [0.25, 0.3) is 0 Å². The SMILES string of the molecule is CN(C)C(CNc1ncnc2ccc(S(C)(=O)=O)cc12)c1ccccc1Cl. The molecule has 27 heavy (non-hydrogen) atoms. The van der Waals surface area contributed by atoms with Gasteiger partial charge in [0.2, 0.25) is 0 Å². The Hall–Kier alpha value is -2.22. The van der Waals surface area contributed by atoms with Crippen LogP contribution >= 0.6 is 11.6 Å². The van der Waals surface area contributed by atoms with E-state index in [0.29, 0.717) is 28.3 Å². The van der Waals surface area contributed by atoms with Gasteiger partial charge in [-0.05, 0) is 43.9 Å². The Morgan fingerprint density at radius 1 is 1.15 bits per heavy atom. The lowest BCUT2D eigenvalue weighted by molar-refractivity contribution is 0.312. The van der Waals surface area contributed by atoms with Gasteiger partial charge >= 0.3 is 0 Å². The van der Waals surface area contributed by atoms with Crippen LogP contribution in [0.25, 0.3) is 10.9 Å². The van der Waals surface area contributed by atoms with E-state index in [2.05, 4.69) is 20.2 Å². The molecule has 1 unspecified atom stereocenters. The number of fused-ring (bicyclic) bond motifs is 1. The second kappa shape index (κ2) is 7.80. The van der Waals surface area contributed by atoms with Crippen molar-refractivity contribution in [1.29, 1.82) is 0 Å². The summed E-state index contributed by atoms with van der Waals surface area (Å²) in [7, 11) is 0.650. The molecule has 0 spiro atoms. The fourth-order valence-electron chi connectivity index (χ4n) is 2.92. The molecule has 0 saturated carbocycles. The molecule has 0 aliphatic carbocycles. The molecule has 1 aromatic heterocycles. The molecule has 3 aromatic rings. The van der Waals surface area contributed by atoms with Gasteiger partial charge in [-0.2, -0.15) is 0 Å². The molecule has 0 aliphatic rings. The normalized spacial score (nSPS) is 13.1. The minimum absolute atomic E-state index is 0.0156. The molecule has 0 amide bonds. The van der Waals surface area contributed by atoms with Gasteiger partial charge in [-0.25, -0.2) is 18.4 Å². The highest BCUT2D eigenvalue weighted by atomic mass is 35.5. The third kappa shape index (κ3) is 4.37. The zero-order chi connectivity index (χ0) is 19.6. The maximum absolute atomic E-state index is 11.9. The number of sulfone groups is 1. The summed E-state index contributed by atoms with van der Waals surface area (Å²) >= 11 is 6.36. The lowest BCUT2D eigenvalue weighted by Crippen LogP contribution is -2.27. The van der Waals surface area contributed by atoms with E-state index in [1.165, 1.54) is 12.6 Å². The molecule has 1 N–H and O–H groups in total. The van der Waals surface area contributed by atoms with Crippen LogP contribution < -0.4 is 5.32 Å². The largest absolute Gasteiger partial charge is 0.368 e. The molecule has 0 radical (unpaired) electrons. The molecule has 0 bridgehead atoms. The van der Waals surface area contributed by atoms with Crippen LogP contribution in [0.4, 0.5) is 5.82 Å². The first-order valence-corrected chi connectivity index (χ1v) is 10.6. The van der Waals surface area contributed by atoms with Gasteiger partial charge in [-0.3, -0.25) is 0 Å². The number of anilines is 1. The van der Waals surface area contributed by atoms with Crippen molar-refractivity contribution in [3.05, 3.63) is 59.4 Å². The molecule has 1 atom stereocenters. The van der Waals surface area contributed by atoms with E-state index in [0.717, 1.165) is 5.56 Å². The Kier molecular flexibility index (Phi) is 5.64. The lowest BCUT2D eigenvalue weighted by atomic mass is 10.1. The highest BCUT2D eigenvalue weighted by Crippen LogP contribution is 2.28. The number of nitrogens with one attached hydrogen (secondary N) is 1. The average Bonchev–Trinajstić information content (AvgIpc) is 2.62. The van der Waals surface area contributed by atoms with Crippen molar-refractivity contribution >= 4 is 38.2 Å². The second-order valence-corrected chi connectivity index (χ2v) is 8.98. The Morgan fingerprint density at radius 2 is 1.89 bits per heavy atom. The number of hydrogen-bond acceptors (Lipinski definition) is 6. The second-order valence-electron chi connectivity index (χ2n) is 6.56. The van der Waals surface area contributed by atoms with Crippen LogP contribution in [0.5, 0.6) is 0 Å². The summed E-state index contributed by atoms with van der Waals surface area (Å²) in [6, 6.07) is 12.6. The molecule has 6 nitrogen and oxygen atoms in total. The Morgan fingerprint density at radius 3 is 2.56 bits per heavy atom. The summed E-state index contributed by atoms with van der Waals surface area (Å²) in [6.45, 7) is 0.548. The first kappa shape index (κ1) is 19.5. The van der Waals surface area contributed by atoms with Crippen LogP contribution in [0.3, 0.4) is 0 Å².